The molecule has 0 aliphatic carbocycles. The molecule has 95 heavy (non-hydrogen) atoms. The highest BCUT2D eigenvalue weighted by molar-refractivity contribution is 6.32. The van der Waals surface area contributed by atoms with Gasteiger partial charge < -0.3 is 14.2 Å². The summed E-state index contributed by atoms with van der Waals surface area (Å²) < 4.78 is 17.9. The lowest BCUT2D eigenvalue weighted by Crippen LogP contribution is -2.14. The number of rotatable bonds is 10. The summed E-state index contributed by atoms with van der Waals surface area (Å²) in [6.45, 7) is 15.3. The molecule has 0 bridgehead atoms. The van der Waals surface area contributed by atoms with Gasteiger partial charge >= 0.3 is 0 Å². The van der Waals surface area contributed by atoms with Gasteiger partial charge in [0.05, 0.1) is 21.3 Å². The Labute approximate surface area is 566 Å². The Morgan fingerprint density at radius 2 is 0.674 bits per heavy atom. The number of aromatic nitrogens is 9. The van der Waals surface area contributed by atoms with Crippen LogP contribution in [0.2, 0.25) is 15.1 Å². The van der Waals surface area contributed by atoms with Gasteiger partial charge in [-0.05, 0) is 175 Å². The first-order valence-corrected chi connectivity index (χ1v) is 32.3. The Kier molecular flexibility index (Phi) is 17.5. The van der Waals surface area contributed by atoms with Gasteiger partial charge in [-0.25, -0.2) is 0 Å². The van der Waals surface area contributed by atoms with Crippen LogP contribution < -0.4 is 14.2 Å². The van der Waals surface area contributed by atoms with Crippen molar-refractivity contribution in [2.75, 3.05) is 21.3 Å². The molecular weight excluding hydrogens is 1240 g/mol. The monoisotopic (exact) mass is 1310 g/mol. The lowest BCUT2D eigenvalue weighted by Gasteiger charge is -2.24. The molecule has 472 valence electrons. The van der Waals surface area contributed by atoms with Gasteiger partial charge in [0.2, 0.25) is 0 Å². The summed E-state index contributed by atoms with van der Waals surface area (Å²) in [4.78, 5) is 4.94. The van der Waals surface area contributed by atoms with Crippen molar-refractivity contribution in [3.05, 3.63) is 262 Å². The highest BCUT2D eigenvalue weighted by atomic mass is 35.5. The van der Waals surface area contributed by atoms with E-state index < -0.39 is 0 Å². The molecule has 0 radical (unpaired) electrons. The molecule has 15 rings (SSSR count). The van der Waals surface area contributed by atoms with E-state index in [4.69, 9.17) is 59.2 Å². The first-order chi connectivity index (χ1) is 45.8. The number of benzene rings is 12. The highest BCUT2D eigenvalue weighted by Crippen LogP contribution is 2.47. The van der Waals surface area contributed by atoms with Gasteiger partial charge in [0, 0.05) is 37.3 Å². The summed E-state index contributed by atoms with van der Waals surface area (Å²) in [6, 6.07) is 77.7. The van der Waals surface area contributed by atoms with Crippen molar-refractivity contribution in [1.82, 2.24) is 45.0 Å². The minimum atomic E-state index is -0.105. The predicted octanol–water partition coefficient (Wildman–Crippen LogP) is 21.1. The zero-order valence-corrected chi connectivity index (χ0v) is 56.6. The summed E-state index contributed by atoms with van der Waals surface area (Å²) in [6.07, 6.45) is 0. The first-order valence-electron chi connectivity index (χ1n) is 31.2. The maximum absolute atomic E-state index is 6.23. The van der Waals surface area contributed by atoms with Crippen molar-refractivity contribution in [3.8, 4) is 78.8 Å². The van der Waals surface area contributed by atoms with E-state index in [1.807, 2.05) is 91.0 Å². The number of aryl methyl sites for hydroxylation is 1. The second-order valence-electron chi connectivity index (χ2n) is 25.4. The number of methoxy groups -OCH3 is 3. The van der Waals surface area contributed by atoms with Crippen LogP contribution >= 0.6 is 34.8 Å². The molecule has 0 amide bonds. The molecule has 15 aromatic rings. The fourth-order valence-electron chi connectivity index (χ4n) is 12.0. The third-order valence-corrected chi connectivity index (χ3v) is 17.5. The van der Waals surface area contributed by atoms with Crippen molar-refractivity contribution in [3.63, 3.8) is 0 Å². The van der Waals surface area contributed by atoms with Crippen LogP contribution in [0.15, 0.2) is 231 Å². The minimum Gasteiger partial charge on any atom is -0.494 e. The van der Waals surface area contributed by atoms with Crippen molar-refractivity contribution < 1.29 is 14.2 Å². The van der Waals surface area contributed by atoms with E-state index >= 15 is 0 Å². The molecule has 0 fully saturated rings. The van der Waals surface area contributed by atoms with Crippen LogP contribution in [0.5, 0.6) is 17.2 Å². The number of halogens is 3. The van der Waals surface area contributed by atoms with Gasteiger partial charge in [-0.1, -0.05) is 210 Å². The Balaban J connectivity index is 0.000000130. The standard InChI is InChI=1S/C31H26ClN3O.C26H20ClN3O.C23H22ClN3O/c1-31(2,3)21-16-25(29-23-11-7-5-9-19(23)15-20-10-6-8-12-24(20)29)30(36-4)28(17-21)35-33-26-14-13-22(32)18-27(26)34-35;1-17-14-22(21-11-7-6-10-20(21)18-8-4-3-5-9-18)26(31-2)25(15-17)30-28-23-13-12-19(27)16-24(23)29-30;1-23(2,3)16-12-18(15-8-6-5-7-9-15)22(28-4)21(13-16)27-25-19-11-10-17(24)14-20(19)26-27/h5-18H,1-4H3;3-16H,1-2H3;5-14H,1-4H3. The number of fused-ring (bicyclic) bond motifs is 5. The van der Waals surface area contributed by atoms with Crippen LogP contribution in [0.1, 0.15) is 58.2 Å². The maximum Gasteiger partial charge on any atom is 0.154 e. The van der Waals surface area contributed by atoms with E-state index in [1.165, 1.54) is 32.7 Å². The normalized spacial score (nSPS) is 11.6. The molecular formula is C80H68Cl3N9O3. The van der Waals surface area contributed by atoms with Crippen LogP contribution in [0.4, 0.5) is 0 Å². The summed E-state index contributed by atoms with van der Waals surface area (Å²) in [5, 5.41) is 34.8. The average molecular weight is 1310 g/mol. The SMILES string of the molecule is COc1c(-c2c3ccccc3cc3ccccc23)cc(C(C)(C)C)cc1-n1nc2ccc(Cl)cc2n1.COc1c(-c2ccccc2)cc(C(C)(C)C)cc1-n1nc2ccc(Cl)cc2n1.COc1c(-c2ccccc2-c2ccccc2)cc(C)cc1-n1nc2ccc(Cl)cc2n1. The van der Waals surface area contributed by atoms with Crippen LogP contribution in [0.25, 0.3) is 116 Å². The number of nitrogens with zero attached hydrogens (tertiary/aromatic N) is 9. The second kappa shape index (κ2) is 26.2. The maximum atomic E-state index is 6.23. The van der Waals surface area contributed by atoms with E-state index in [0.29, 0.717) is 15.1 Å². The highest BCUT2D eigenvalue weighted by Gasteiger charge is 2.27. The molecule has 3 heterocycles. The third-order valence-electron chi connectivity index (χ3n) is 16.8. The van der Waals surface area contributed by atoms with Gasteiger partial charge in [-0.2, -0.15) is 0 Å². The van der Waals surface area contributed by atoms with E-state index in [2.05, 4.69) is 208 Å². The van der Waals surface area contributed by atoms with Crippen molar-refractivity contribution in [2.24, 2.45) is 0 Å². The van der Waals surface area contributed by atoms with E-state index in [-0.39, 0.29) is 10.8 Å². The molecule has 0 aliphatic heterocycles. The number of hydrogen-bond donors (Lipinski definition) is 0. The molecule has 0 N–H and O–H groups in total. The summed E-state index contributed by atoms with van der Waals surface area (Å²) in [5.74, 6) is 2.20. The molecule has 0 saturated heterocycles. The van der Waals surface area contributed by atoms with Gasteiger partial charge in [-0.15, -0.1) is 45.0 Å². The summed E-state index contributed by atoms with van der Waals surface area (Å²) in [5.41, 5.74) is 18.9. The molecule has 0 aliphatic rings. The molecule has 3 aromatic heterocycles. The largest absolute Gasteiger partial charge is 0.494 e. The van der Waals surface area contributed by atoms with Crippen LogP contribution in [0.3, 0.4) is 0 Å². The van der Waals surface area contributed by atoms with E-state index in [9.17, 15) is 0 Å². The van der Waals surface area contributed by atoms with Crippen LogP contribution in [-0.2, 0) is 10.8 Å². The molecule has 0 spiro atoms. The fraction of sp³-hybridized carbons (Fsp3) is 0.150. The van der Waals surface area contributed by atoms with Gasteiger partial charge in [-0.3, -0.25) is 0 Å². The van der Waals surface area contributed by atoms with Crippen LogP contribution in [0, 0.1) is 6.92 Å². The van der Waals surface area contributed by atoms with E-state index in [0.717, 1.165) is 117 Å². The van der Waals surface area contributed by atoms with Crippen molar-refractivity contribution >= 4 is 89.4 Å². The smallest absolute Gasteiger partial charge is 0.154 e. The number of ether oxygens (including phenoxy) is 3. The second-order valence-corrected chi connectivity index (χ2v) is 26.7. The molecule has 0 atom stereocenters. The third kappa shape index (κ3) is 12.9. The first kappa shape index (κ1) is 63.4. The zero-order valence-electron chi connectivity index (χ0n) is 54.3. The van der Waals surface area contributed by atoms with Crippen LogP contribution in [-0.4, -0.2) is 66.3 Å². The number of hydrogen-bond acceptors (Lipinski definition) is 9. The molecule has 12 aromatic carbocycles. The van der Waals surface area contributed by atoms with Crippen molar-refractivity contribution in [2.45, 2.75) is 59.3 Å². The predicted molar refractivity (Wildman–Crippen MR) is 390 cm³/mol. The van der Waals surface area contributed by atoms with Gasteiger partial charge in [0.15, 0.2) is 17.2 Å². The molecule has 12 nitrogen and oxygen atoms in total. The van der Waals surface area contributed by atoms with Crippen molar-refractivity contribution in [1.29, 1.82) is 0 Å². The quantitative estimate of drug-likeness (QED) is 0.123. The Hall–Kier alpha value is -10.4. The molecule has 0 unspecified atom stereocenters. The van der Waals surface area contributed by atoms with E-state index in [1.54, 1.807) is 35.7 Å². The Morgan fingerprint density at radius 3 is 1.12 bits per heavy atom. The van der Waals surface area contributed by atoms with Gasteiger partial charge in [0.1, 0.15) is 50.2 Å². The zero-order chi connectivity index (χ0) is 66.3. The Morgan fingerprint density at radius 1 is 0.316 bits per heavy atom. The summed E-state index contributed by atoms with van der Waals surface area (Å²) >= 11 is 18.5. The lowest BCUT2D eigenvalue weighted by atomic mass is 9.83. The molecule has 15 heteroatoms. The summed E-state index contributed by atoms with van der Waals surface area (Å²) in [7, 11) is 5.08. The Bertz CT molecular complexity index is 5310. The fourth-order valence-corrected chi connectivity index (χ4v) is 12.5. The van der Waals surface area contributed by atoms with Gasteiger partial charge in [0.25, 0.3) is 0 Å². The average Bonchev–Trinajstić information content (AvgIpc) is 1.42. The molecule has 0 saturated carbocycles. The minimum absolute atomic E-state index is 0.0412. The lowest BCUT2D eigenvalue weighted by molar-refractivity contribution is 0.411. The topological polar surface area (TPSA) is 120 Å².